The molecule has 0 aliphatic carbocycles. The van der Waals surface area contributed by atoms with E-state index in [1.807, 2.05) is 0 Å². The highest BCUT2D eigenvalue weighted by atomic mass is 15.3. The van der Waals surface area contributed by atoms with Gasteiger partial charge in [-0.3, -0.25) is 0 Å². The summed E-state index contributed by atoms with van der Waals surface area (Å²) in [5.74, 6) is 2.41. The Bertz CT molecular complexity index is 352. The first kappa shape index (κ1) is 10.3. The Morgan fingerprint density at radius 3 is 3.06 bits per heavy atom. The van der Waals surface area contributed by atoms with Gasteiger partial charge in [0.2, 0.25) is 0 Å². The summed E-state index contributed by atoms with van der Waals surface area (Å²) in [7, 11) is 0. The monoisotopic (exact) mass is 220 g/mol. The summed E-state index contributed by atoms with van der Waals surface area (Å²) in [6, 6.07) is 0.629. The van der Waals surface area contributed by atoms with E-state index in [0.29, 0.717) is 6.04 Å². The van der Waals surface area contributed by atoms with Gasteiger partial charge in [-0.1, -0.05) is 6.42 Å². The maximum atomic E-state index is 4.36. The number of aromatic nitrogens is 3. The van der Waals surface area contributed by atoms with Crippen molar-refractivity contribution in [3.63, 3.8) is 0 Å². The lowest BCUT2D eigenvalue weighted by Gasteiger charge is -2.23. The molecule has 4 nitrogen and oxygen atoms in total. The number of hydrogen-bond donors (Lipinski definition) is 1. The minimum absolute atomic E-state index is 0.629. The Hall–Kier alpha value is -0.900. The van der Waals surface area contributed by atoms with E-state index in [0.717, 1.165) is 19.4 Å². The van der Waals surface area contributed by atoms with Crippen LogP contribution < -0.4 is 5.32 Å². The third-order valence-corrected chi connectivity index (χ3v) is 3.78. The smallest absolute Gasteiger partial charge is 0.134 e. The van der Waals surface area contributed by atoms with E-state index in [2.05, 4.69) is 20.1 Å². The minimum Gasteiger partial charge on any atom is -0.315 e. The third-order valence-electron chi connectivity index (χ3n) is 3.78. The Morgan fingerprint density at radius 1 is 1.19 bits per heavy atom. The average Bonchev–Trinajstić information content (AvgIpc) is 2.74. The highest BCUT2D eigenvalue weighted by Crippen LogP contribution is 2.17. The first-order chi connectivity index (χ1) is 7.93. The van der Waals surface area contributed by atoms with Crippen molar-refractivity contribution in [1.82, 2.24) is 20.1 Å². The van der Waals surface area contributed by atoms with Crippen LogP contribution in [-0.4, -0.2) is 27.4 Å². The third kappa shape index (κ3) is 1.98. The lowest BCUT2D eigenvalue weighted by atomic mass is 10.0. The van der Waals surface area contributed by atoms with Crippen LogP contribution in [0.4, 0.5) is 0 Å². The van der Waals surface area contributed by atoms with Gasteiger partial charge in [-0.05, 0) is 32.2 Å². The highest BCUT2D eigenvalue weighted by molar-refractivity contribution is 5.01. The van der Waals surface area contributed by atoms with Crippen molar-refractivity contribution in [2.45, 2.75) is 57.5 Å². The van der Waals surface area contributed by atoms with Crippen LogP contribution in [0.3, 0.4) is 0 Å². The number of nitrogens with one attached hydrogen (secondary N) is 1. The first-order valence-corrected chi connectivity index (χ1v) is 6.58. The molecule has 1 fully saturated rings. The molecule has 1 atom stereocenters. The summed E-state index contributed by atoms with van der Waals surface area (Å²) in [5.41, 5.74) is 0. The van der Waals surface area contributed by atoms with Crippen LogP contribution in [0.15, 0.2) is 0 Å². The Kier molecular flexibility index (Phi) is 2.91. The first-order valence-electron chi connectivity index (χ1n) is 6.58. The molecule has 1 saturated heterocycles. The van der Waals surface area contributed by atoms with Gasteiger partial charge in [-0.25, -0.2) is 0 Å². The molecule has 1 unspecified atom stereocenters. The van der Waals surface area contributed by atoms with Crippen molar-refractivity contribution in [3.8, 4) is 0 Å². The van der Waals surface area contributed by atoms with E-state index in [4.69, 9.17) is 0 Å². The molecule has 2 aliphatic heterocycles. The Balaban J connectivity index is 1.71. The van der Waals surface area contributed by atoms with Gasteiger partial charge in [0, 0.05) is 25.4 Å². The fourth-order valence-corrected chi connectivity index (χ4v) is 2.84. The molecule has 1 aromatic rings. The summed E-state index contributed by atoms with van der Waals surface area (Å²) in [6.07, 6.45) is 8.73. The van der Waals surface area contributed by atoms with Crippen LogP contribution in [0.2, 0.25) is 0 Å². The number of hydrogen-bond acceptors (Lipinski definition) is 3. The van der Waals surface area contributed by atoms with Gasteiger partial charge >= 0.3 is 0 Å². The molecule has 0 saturated carbocycles. The Labute approximate surface area is 96.4 Å². The topological polar surface area (TPSA) is 42.7 Å². The molecule has 0 spiro atoms. The molecule has 2 aliphatic rings. The van der Waals surface area contributed by atoms with Crippen LogP contribution in [-0.2, 0) is 19.4 Å². The standard InChI is InChI=1S/C12H20N4/c1-3-7-13-10(5-1)9-12-15-14-11-6-2-4-8-16(11)12/h10,13H,1-9H2. The molecular formula is C12H20N4. The van der Waals surface area contributed by atoms with Gasteiger partial charge in [0.15, 0.2) is 0 Å². The second kappa shape index (κ2) is 4.53. The van der Waals surface area contributed by atoms with Crippen molar-refractivity contribution in [2.75, 3.05) is 6.54 Å². The molecule has 0 bridgehead atoms. The number of rotatable bonds is 2. The highest BCUT2D eigenvalue weighted by Gasteiger charge is 2.20. The molecule has 88 valence electrons. The predicted molar refractivity (Wildman–Crippen MR) is 62.3 cm³/mol. The zero-order chi connectivity index (χ0) is 10.8. The van der Waals surface area contributed by atoms with Crippen LogP contribution >= 0.6 is 0 Å². The minimum atomic E-state index is 0.629. The van der Waals surface area contributed by atoms with Crippen molar-refractivity contribution < 1.29 is 0 Å². The van der Waals surface area contributed by atoms with Crippen molar-refractivity contribution >= 4 is 0 Å². The lowest BCUT2D eigenvalue weighted by Crippen LogP contribution is -2.36. The van der Waals surface area contributed by atoms with E-state index < -0.39 is 0 Å². The summed E-state index contributed by atoms with van der Waals surface area (Å²) >= 11 is 0. The zero-order valence-corrected chi connectivity index (χ0v) is 9.78. The normalized spacial score (nSPS) is 25.4. The van der Waals surface area contributed by atoms with Crippen molar-refractivity contribution in [2.24, 2.45) is 0 Å². The van der Waals surface area contributed by atoms with E-state index in [-0.39, 0.29) is 0 Å². The number of nitrogens with zero attached hydrogens (tertiary/aromatic N) is 3. The second-order valence-corrected chi connectivity index (χ2v) is 4.99. The van der Waals surface area contributed by atoms with Crippen LogP contribution in [0.25, 0.3) is 0 Å². The molecule has 16 heavy (non-hydrogen) atoms. The molecule has 1 N–H and O–H groups in total. The van der Waals surface area contributed by atoms with Gasteiger partial charge in [0.05, 0.1) is 0 Å². The number of fused-ring (bicyclic) bond motifs is 1. The molecule has 1 aromatic heterocycles. The number of aryl methyl sites for hydroxylation is 1. The van der Waals surface area contributed by atoms with Gasteiger partial charge in [-0.15, -0.1) is 10.2 Å². The zero-order valence-electron chi connectivity index (χ0n) is 9.78. The SMILES string of the molecule is C1CCC(Cc2nnc3n2CCCC3)NC1. The summed E-state index contributed by atoms with van der Waals surface area (Å²) in [4.78, 5) is 0. The fraction of sp³-hybridized carbons (Fsp3) is 0.833. The van der Waals surface area contributed by atoms with Gasteiger partial charge in [-0.2, -0.15) is 0 Å². The fourth-order valence-electron chi connectivity index (χ4n) is 2.84. The van der Waals surface area contributed by atoms with E-state index in [1.165, 1.54) is 50.3 Å². The van der Waals surface area contributed by atoms with E-state index in [9.17, 15) is 0 Å². The average molecular weight is 220 g/mol. The summed E-state index contributed by atoms with van der Waals surface area (Å²) in [5, 5.41) is 12.3. The number of piperidine rings is 1. The van der Waals surface area contributed by atoms with Gasteiger partial charge in [0.1, 0.15) is 11.6 Å². The molecule has 0 amide bonds. The van der Waals surface area contributed by atoms with Crippen LogP contribution in [0.5, 0.6) is 0 Å². The molecule has 0 aromatic carbocycles. The molecular weight excluding hydrogens is 200 g/mol. The quantitative estimate of drug-likeness (QED) is 0.817. The molecule has 3 rings (SSSR count). The lowest BCUT2D eigenvalue weighted by molar-refractivity contribution is 0.386. The van der Waals surface area contributed by atoms with E-state index in [1.54, 1.807) is 0 Å². The van der Waals surface area contributed by atoms with Gasteiger partial charge < -0.3 is 9.88 Å². The van der Waals surface area contributed by atoms with Crippen LogP contribution in [0.1, 0.15) is 43.8 Å². The Morgan fingerprint density at radius 2 is 2.19 bits per heavy atom. The van der Waals surface area contributed by atoms with Crippen LogP contribution in [0, 0.1) is 0 Å². The molecule has 4 heteroatoms. The molecule has 0 radical (unpaired) electrons. The maximum absolute atomic E-state index is 4.36. The summed E-state index contributed by atoms with van der Waals surface area (Å²) in [6.45, 7) is 2.30. The van der Waals surface area contributed by atoms with Gasteiger partial charge in [0.25, 0.3) is 0 Å². The van der Waals surface area contributed by atoms with Crippen molar-refractivity contribution in [1.29, 1.82) is 0 Å². The van der Waals surface area contributed by atoms with E-state index >= 15 is 0 Å². The second-order valence-electron chi connectivity index (χ2n) is 4.99. The molecule has 3 heterocycles. The largest absolute Gasteiger partial charge is 0.315 e. The summed E-state index contributed by atoms with van der Waals surface area (Å²) < 4.78 is 2.35. The predicted octanol–water partition coefficient (Wildman–Crippen LogP) is 1.30. The van der Waals surface area contributed by atoms with Crippen molar-refractivity contribution in [3.05, 3.63) is 11.6 Å². The maximum Gasteiger partial charge on any atom is 0.134 e.